The maximum Gasteiger partial charge on any atom is 0.156 e. The van der Waals surface area contributed by atoms with E-state index in [0.717, 1.165) is 18.5 Å². The van der Waals surface area contributed by atoms with Crippen LogP contribution in [0, 0.1) is 0 Å². The van der Waals surface area contributed by atoms with Crippen LogP contribution in [0.3, 0.4) is 0 Å². The SMILES string of the molecule is CCCCCCCCCCCc1cc([C@H]2N[C@H](CO)[C@@H](O)[C@@H]2O)on1. The van der Waals surface area contributed by atoms with Gasteiger partial charge in [0.25, 0.3) is 0 Å². The van der Waals surface area contributed by atoms with Crippen molar-refractivity contribution in [3.8, 4) is 0 Å². The number of unbranched alkanes of at least 4 members (excludes halogenated alkanes) is 8. The largest absolute Gasteiger partial charge is 0.395 e. The van der Waals surface area contributed by atoms with Crippen LogP contribution in [-0.2, 0) is 6.42 Å². The van der Waals surface area contributed by atoms with E-state index >= 15 is 0 Å². The first-order chi connectivity index (χ1) is 12.2. The molecule has 4 atom stereocenters. The molecule has 4 N–H and O–H groups in total. The van der Waals surface area contributed by atoms with E-state index in [1.807, 2.05) is 6.07 Å². The highest BCUT2D eigenvalue weighted by atomic mass is 16.5. The lowest BCUT2D eigenvalue weighted by Crippen LogP contribution is -2.35. The predicted molar refractivity (Wildman–Crippen MR) is 96.2 cm³/mol. The molecule has 0 radical (unpaired) electrons. The van der Waals surface area contributed by atoms with Crippen molar-refractivity contribution in [3.05, 3.63) is 17.5 Å². The zero-order valence-electron chi connectivity index (χ0n) is 15.4. The molecule has 1 aromatic heterocycles. The van der Waals surface area contributed by atoms with E-state index in [1.165, 1.54) is 51.4 Å². The zero-order valence-corrected chi connectivity index (χ0v) is 15.4. The Morgan fingerprint density at radius 3 is 2.24 bits per heavy atom. The Morgan fingerprint density at radius 1 is 1.00 bits per heavy atom. The molecule has 0 spiro atoms. The molecule has 25 heavy (non-hydrogen) atoms. The molecule has 0 amide bonds. The van der Waals surface area contributed by atoms with Gasteiger partial charge in [-0.2, -0.15) is 0 Å². The van der Waals surface area contributed by atoms with Crippen LogP contribution >= 0.6 is 0 Å². The summed E-state index contributed by atoms with van der Waals surface area (Å²) >= 11 is 0. The summed E-state index contributed by atoms with van der Waals surface area (Å²) in [6.07, 6.45) is 10.5. The minimum Gasteiger partial charge on any atom is -0.395 e. The van der Waals surface area contributed by atoms with Crippen LogP contribution in [-0.4, -0.2) is 45.3 Å². The molecule has 0 unspecified atom stereocenters. The van der Waals surface area contributed by atoms with Crippen molar-refractivity contribution in [1.82, 2.24) is 10.5 Å². The lowest BCUT2D eigenvalue weighted by atomic mass is 10.0. The van der Waals surface area contributed by atoms with Crippen molar-refractivity contribution in [3.63, 3.8) is 0 Å². The number of hydrogen-bond acceptors (Lipinski definition) is 6. The number of hydrogen-bond donors (Lipinski definition) is 4. The number of aryl methyl sites for hydroxylation is 1. The molecule has 6 nitrogen and oxygen atoms in total. The highest BCUT2D eigenvalue weighted by Gasteiger charge is 2.43. The van der Waals surface area contributed by atoms with Gasteiger partial charge < -0.3 is 19.8 Å². The van der Waals surface area contributed by atoms with E-state index < -0.39 is 24.3 Å². The van der Waals surface area contributed by atoms with Gasteiger partial charge in [0.1, 0.15) is 6.10 Å². The molecule has 1 saturated heterocycles. The summed E-state index contributed by atoms with van der Waals surface area (Å²) in [6, 6.07) is 0.792. The fourth-order valence-electron chi connectivity index (χ4n) is 3.48. The Balaban J connectivity index is 1.63. The second-order valence-corrected chi connectivity index (χ2v) is 7.21. The monoisotopic (exact) mass is 354 g/mol. The van der Waals surface area contributed by atoms with Crippen LogP contribution < -0.4 is 5.32 Å². The van der Waals surface area contributed by atoms with Gasteiger partial charge in [-0.05, 0) is 12.8 Å². The third kappa shape index (κ3) is 6.06. The molecule has 1 aromatic rings. The average molecular weight is 354 g/mol. The summed E-state index contributed by atoms with van der Waals surface area (Å²) < 4.78 is 5.33. The maximum atomic E-state index is 10.1. The molecule has 0 bridgehead atoms. The summed E-state index contributed by atoms with van der Waals surface area (Å²) in [4.78, 5) is 0. The molecule has 0 aliphatic carbocycles. The molecule has 6 heteroatoms. The number of nitrogens with zero attached hydrogens (tertiary/aromatic N) is 1. The molecule has 2 rings (SSSR count). The average Bonchev–Trinajstić information content (AvgIpc) is 3.19. The molecule has 0 aromatic carbocycles. The topological polar surface area (TPSA) is 98.8 Å². The summed E-state index contributed by atoms with van der Waals surface area (Å²) in [7, 11) is 0. The minimum absolute atomic E-state index is 0.228. The Kier molecular flexibility index (Phi) is 8.89. The van der Waals surface area contributed by atoms with Crippen molar-refractivity contribution in [2.75, 3.05) is 6.61 Å². The second kappa shape index (κ2) is 10.9. The third-order valence-corrected chi connectivity index (χ3v) is 5.11. The lowest BCUT2D eigenvalue weighted by Gasteiger charge is -2.12. The van der Waals surface area contributed by atoms with Gasteiger partial charge in [-0.15, -0.1) is 0 Å². The Hall–Kier alpha value is -0.950. The fourth-order valence-corrected chi connectivity index (χ4v) is 3.48. The normalized spacial score (nSPS) is 26.4. The van der Waals surface area contributed by atoms with Gasteiger partial charge in [-0.1, -0.05) is 63.4 Å². The Bertz CT molecular complexity index is 480. The first kappa shape index (κ1) is 20.4. The van der Waals surface area contributed by atoms with Crippen LogP contribution in [0.5, 0.6) is 0 Å². The Morgan fingerprint density at radius 2 is 1.64 bits per heavy atom. The highest BCUT2D eigenvalue weighted by Crippen LogP contribution is 2.28. The maximum absolute atomic E-state index is 10.1. The van der Waals surface area contributed by atoms with Crippen molar-refractivity contribution in [2.24, 2.45) is 0 Å². The summed E-state index contributed by atoms with van der Waals surface area (Å²) in [5, 5.41) is 36.2. The van der Waals surface area contributed by atoms with Gasteiger partial charge in [0.05, 0.1) is 30.5 Å². The van der Waals surface area contributed by atoms with Gasteiger partial charge in [0.2, 0.25) is 0 Å². The van der Waals surface area contributed by atoms with E-state index in [4.69, 9.17) is 4.52 Å². The molecule has 2 heterocycles. The molecule has 1 fully saturated rings. The second-order valence-electron chi connectivity index (χ2n) is 7.21. The minimum atomic E-state index is -0.999. The van der Waals surface area contributed by atoms with E-state index in [0.29, 0.717) is 5.76 Å². The lowest BCUT2D eigenvalue weighted by molar-refractivity contribution is 0.0166. The van der Waals surface area contributed by atoms with Gasteiger partial charge in [0.15, 0.2) is 5.76 Å². The Labute approximate surface area is 150 Å². The summed E-state index contributed by atoms with van der Waals surface area (Å²) in [5.74, 6) is 0.522. The van der Waals surface area contributed by atoms with Gasteiger partial charge in [-0.3, -0.25) is 5.32 Å². The predicted octanol–water partition coefficient (Wildman–Crippen LogP) is 2.47. The summed E-state index contributed by atoms with van der Waals surface area (Å²) in [5.41, 5.74) is 0.883. The molecular formula is C19H34N2O4. The van der Waals surface area contributed by atoms with Crippen molar-refractivity contribution in [1.29, 1.82) is 0 Å². The third-order valence-electron chi connectivity index (χ3n) is 5.11. The smallest absolute Gasteiger partial charge is 0.156 e. The molecule has 144 valence electrons. The quantitative estimate of drug-likeness (QED) is 0.431. The van der Waals surface area contributed by atoms with Crippen LogP contribution in [0.25, 0.3) is 0 Å². The zero-order chi connectivity index (χ0) is 18.1. The van der Waals surface area contributed by atoms with E-state index in [2.05, 4.69) is 17.4 Å². The number of aromatic nitrogens is 1. The van der Waals surface area contributed by atoms with Crippen molar-refractivity contribution >= 4 is 0 Å². The summed E-state index contributed by atoms with van der Waals surface area (Å²) in [6.45, 7) is 2.01. The molecule has 1 aliphatic rings. The van der Waals surface area contributed by atoms with Crippen molar-refractivity contribution in [2.45, 2.75) is 95.4 Å². The number of aliphatic hydroxyl groups is 3. The first-order valence-corrected chi connectivity index (χ1v) is 9.86. The van der Waals surface area contributed by atoms with E-state index in [-0.39, 0.29) is 6.61 Å². The van der Waals surface area contributed by atoms with Crippen LogP contribution in [0.2, 0.25) is 0 Å². The first-order valence-electron chi connectivity index (χ1n) is 9.86. The standard InChI is InChI=1S/C19H34N2O4/c1-2-3-4-5-6-7-8-9-10-11-14-12-16(25-21-14)17-19(24)18(23)15(13-22)20-17/h12,15,17-20,22-24H,2-11,13H2,1H3/t15-,17-,18-,19-/m1/s1. The van der Waals surface area contributed by atoms with E-state index in [1.54, 1.807) is 0 Å². The van der Waals surface area contributed by atoms with Gasteiger partial charge in [0, 0.05) is 6.07 Å². The molecule has 1 aliphatic heterocycles. The number of rotatable bonds is 12. The van der Waals surface area contributed by atoms with Crippen LogP contribution in [0.1, 0.15) is 82.2 Å². The number of nitrogens with one attached hydrogen (secondary N) is 1. The molecule has 0 saturated carbocycles. The van der Waals surface area contributed by atoms with E-state index in [9.17, 15) is 15.3 Å². The van der Waals surface area contributed by atoms with Crippen LogP contribution in [0.4, 0.5) is 0 Å². The van der Waals surface area contributed by atoms with Crippen molar-refractivity contribution < 1.29 is 19.8 Å². The number of aliphatic hydroxyl groups excluding tert-OH is 3. The van der Waals surface area contributed by atoms with Crippen LogP contribution in [0.15, 0.2) is 10.6 Å². The highest BCUT2D eigenvalue weighted by molar-refractivity contribution is 5.15. The van der Waals surface area contributed by atoms with Gasteiger partial charge in [-0.25, -0.2) is 0 Å². The molecular weight excluding hydrogens is 320 g/mol. The fraction of sp³-hybridized carbons (Fsp3) is 0.842. The van der Waals surface area contributed by atoms with Gasteiger partial charge >= 0.3 is 0 Å².